The maximum absolute atomic E-state index is 10.9. The fraction of sp³-hybridized carbons (Fsp3) is 0.562. The third kappa shape index (κ3) is 3.98. The standard InChI is InChI=1S/C16H22O3/c1-2-12-5-9-15(10-6-12)19-11-13-3-7-14(8-4-13)16(17)18/h5-6,9-10,13-14H,2-4,7-8,11H2,1H3,(H,17,18)/t13-,14+. The Morgan fingerprint density at radius 1 is 1.21 bits per heavy atom. The van der Waals surface area contributed by atoms with Crippen molar-refractivity contribution in [1.29, 1.82) is 0 Å². The summed E-state index contributed by atoms with van der Waals surface area (Å²) < 4.78 is 5.79. The Morgan fingerprint density at radius 3 is 2.37 bits per heavy atom. The number of hydrogen-bond acceptors (Lipinski definition) is 2. The van der Waals surface area contributed by atoms with Crippen LogP contribution in [0.5, 0.6) is 5.75 Å². The van der Waals surface area contributed by atoms with Gasteiger partial charge in [0.25, 0.3) is 0 Å². The molecule has 0 heterocycles. The smallest absolute Gasteiger partial charge is 0.306 e. The Morgan fingerprint density at radius 2 is 1.84 bits per heavy atom. The number of benzene rings is 1. The zero-order valence-electron chi connectivity index (χ0n) is 11.5. The highest BCUT2D eigenvalue weighted by molar-refractivity contribution is 5.69. The SMILES string of the molecule is CCc1ccc(OC[C@H]2CC[C@@H](C(=O)O)CC2)cc1. The molecule has 1 aromatic rings. The molecule has 104 valence electrons. The summed E-state index contributed by atoms with van der Waals surface area (Å²) in [5.41, 5.74) is 1.31. The van der Waals surface area contributed by atoms with Crippen LogP contribution in [0.1, 0.15) is 38.2 Å². The van der Waals surface area contributed by atoms with E-state index in [2.05, 4.69) is 19.1 Å². The van der Waals surface area contributed by atoms with Gasteiger partial charge in [0.1, 0.15) is 5.75 Å². The first-order valence-corrected chi connectivity index (χ1v) is 7.13. The molecule has 1 aliphatic carbocycles. The second kappa shape index (κ2) is 6.60. The van der Waals surface area contributed by atoms with Crippen LogP contribution in [0, 0.1) is 11.8 Å². The molecule has 0 atom stereocenters. The maximum atomic E-state index is 10.9. The van der Waals surface area contributed by atoms with Crippen LogP contribution in [0.25, 0.3) is 0 Å². The molecule has 0 radical (unpaired) electrons. The molecule has 3 nitrogen and oxygen atoms in total. The summed E-state index contributed by atoms with van der Waals surface area (Å²) in [6.45, 7) is 2.84. The van der Waals surface area contributed by atoms with Gasteiger partial charge in [-0.3, -0.25) is 4.79 Å². The first-order valence-electron chi connectivity index (χ1n) is 7.13. The number of aryl methyl sites for hydroxylation is 1. The number of hydrogen-bond donors (Lipinski definition) is 1. The van der Waals surface area contributed by atoms with E-state index in [1.165, 1.54) is 5.56 Å². The average Bonchev–Trinajstić information content (AvgIpc) is 2.46. The lowest BCUT2D eigenvalue weighted by Gasteiger charge is -2.25. The molecule has 1 aliphatic rings. The van der Waals surface area contributed by atoms with E-state index in [-0.39, 0.29) is 5.92 Å². The lowest BCUT2D eigenvalue weighted by Crippen LogP contribution is -2.24. The van der Waals surface area contributed by atoms with Gasteiger partial charge < -0.3 is 9.84 Å². The van der Waals surface area contributed by atoms with E-state index in [0.29, 0.717) is 12.5 Å². The predicted octanol–water partition coefficient (Wildman–Crippen LogP) is 3.52. The van der Waals surface area contributed by atoms with Crippen LogP contribution in [0.4, 0.5) is 0 Å². The van der Waals surface area contributed by atoms with Crippen LogP contribution in [0.2, 0.25) is 0 Å². The van der Waals surface area contributed by atoms with Gasteiger partial charge in [-0.2, -0.15) is 0 Å². The molecule has 0 aromatic heterocycles. The van der Waals surface area contributed by atoms with Crippen LogP contribution in [0.3, 0.4) is 0 Å². The summed E-state index contributed by atoms with van der Waals surface area (Å²) in [6.07, 6.45) is 4.55. The predicted molar refractivity (Wildman–Crippen MR) is 74.4 cm³/mol. The molecule has 3 heteroatoms. The normalized spacial score (nSPS) is 23.0. The molecule has 0 unspecified atom stereocenters. The van der Waals surface area contributed by atoms with Gasteiger partial charge in [0.05, 0.1) is 12.5 Å². The zero-order valence-corrected chi connectivity index (χ0v) is 11.5. The Bertz CT molecular complexity index is 403. The first-order chi connectivity index (χ1) is 9.19. The van der Waals surface area contributed by atoms with Crippen molar-refractivity contribution < 1.29 is 14.6 Å². The molecule has 1 aromatic carbocycles. The molecule has 0 bridgehead atoms. The van der Waals surface area contributed by atoms with Gasteiger partial charge in [-0.25, -0.2) is 0 Å². The number of carbonyl (C=O) groups is 1. The Labute approximate surface area is 114 Å². The molecule has 0 spiro atoms. The van der Waals surface area contributed by atoms with Crippen molar-refractivity contribution in [3.05, 3.63) is 29.8 Å². The van der Waals surface area contributed by atoms with Gasteiger partial charge in [-0.15, -0.1) is 0 Å². The lowest BCUT2D eigenvalue weighted by atomic mass is 9.82. The fourth-order valence-corrected chi connectivity index (χ4v) is 2.61. The maximum Gasteiger partial charge on any atom is 0.306 e. The van der Waals surface area contributed by atoms with Gasteiger partial charge in [0, 0.05) is 0 Å². The number of rotatable bonds is 5. The van der Waals surface area contributed by atoms with Crippen molar-refractivity contribution in [3.8, 4) is 5.75 Å². The van der Waals surface area contributed by atoms with E-state index in [9.17, 15) is 4.79 Å². The van der Waals surface area contributed by atoms with Crippen molar-refractivity contribution in [2.45, 2.75) is 39.0 Å². The topological polar surface area (TPSA) is 46.5 Å². The van der Waals surface area contributed by atoms with Gasteiger partial charge in [0.15, 0.2) is 0 Å². The number of carboxylic acids is 1. The van der Waals surface area contributed by atoms with E-state index >= 15 is 0 Å². The molecule has 2 rings (SSSR count). The van der Waals surface area contributed by atoms with Gasteiger partial charge in [0.2, 0.25) is 0 Å². The van der Waals surface area contributed by atoms with Crippen molar-refractivity contribution in [3.63, 3.8) is 0 Å². The third-order valence-electron chi connectivity index (χ3n) is 4.01. The Balaban J connectivity index is 1.75. The van der Waals surface area contributed by atoms with Crippen molar-refractivity contribution in [2.24, 2.45) is 11.8 Å². The molecule has 19 heavy (non-hydrogen) atoms. The van der Waals surface area contributed by atoms with Crippen molar-refractivity contribution in [2.75, 3.05) is 6.61 Å². The van der Waals surface area contributed by atoms with Gasteiger partial charge in [-0.1, -0.05) is 19.1 Å². The van der Waals surface area contributed by atoms with E-state index in [1.54, 1.807) is 0 Å². The van der Waals surface area contributed by atoms with E-state index < -0.39 is 5.97 Å². The minimum Gasteiger partial charge on any atom is -0.493 e. The minimum atomic E-state index is -0.644. The van der Waals surface area contributed by atoms with Crippen molar-refractivity contribution >= 4 is 5.97 Å². The lowest BCUT2D eigenvalue weighted by molar-refractivity contribution is -0.143. The molecular formula is C16H22O3. The molecule has 1 fully saturated rings. The van der Waals surface area contributed by atoms with Crippen LogP contribution < -0.4 is 4.74 Å². The number of aliphatic carboxylic acids is 1. The van der Waals surface area contributed by atoms with Crippen LogP contribution in [0.15, 0.2) is 24.3 Å². The monoisotopic (exact) mass is 262 g/mol. The summed E-state index contributed by atoms with van der Waals surface area (Å²) >= 11 is 0. The summed E-state index contributed by atoms with van der Waals surface area (Å²) in [5.74, 6) is 0.633. The summed E-state index contributed by atoms with van der Waals surface area (Å²) in [6, 6.07) is 8.22. The highest BCUT2D eigenvalue weighted by Crippen LogP contribution is 2.29. The average molecular weight is 262 g/mol. The molecule has 0 amide bonds. The second-order valence-corrected chi connectivity index (χ2v) is 5.36. The number of ether oxygens (including phenoxy) is 1. The molecule has 1 N–H and O–H groups in total. The number of carboxylic acid groups (broad SMARTS) is 1. The molecule has 1 saturated carbocycles. The third-order valence-corrected chi connectivity index (χ3v) is 4.01. The second-order valence-electron chi connectivity index (χ2n) is 5.36. The van der Waals surface area contributed by atoms with Gasteiger partial charge in [-0.05, 0) is 55.7 Å². The van der Waals surface area contributed by atoms with Crippen LogP contribution in [-0.4, -0.2) is 17.7 Å². The summed E-state index contributed by atoms with van der Waals surface area (Å²) in [4.78, 5) is 10.9. The van der Waals surface area contributed by atoms with Crippen LogP contribution >= 0.6 is 0 Å². The molecular weight excluding hydrogens is 240 g/mol. The van der Waals surface area contributed by atoms with Crippen molar-refractivity contribution in [1.82, 2.24) is 0 Å². The largest absolute Gasteiger partial charge is 0.493 e. The van der Waals surface area contributed by atoms with E-state index in [1.807, 2.05) is 12.1 Å². The Hall–Kier alpha value is -1.51. The highest BCUT2D eigenvalue weighted by Gasteiger charge is 2.26. The quantitative estimate of drug-likeness (QED) is 0.883. The first kappa shape index (κ1) is 13.9. The van der Waals surface area contributed by atoms with E-state index in [4.69, 9.17) is 9.84 Å². The molecule has 0 aliphatic heterocycles. The zero-order chi connectivity index (χ0) is 13.7. The fourth-order valence-electron chi connectivity index (χ4n) is 2.61. The molecule has 0 saturated heterocycles. The van der Waals surface area contributed by atoms with E-state index in [0.717, 1.165) is 37.9 Å². The summed E-state index contributed by atoms with van der Waals surface area (Å²) in [5, 5.41) is 8.95. The van der Waals surface area contributed by atoms with Crippen LogP contribution in [-0.2, 0) is 11.2 Å². The minimum absolute atomic E-state index is 0.139. The Kier molecular flexibility index (Phi) is 4.83. The highest BCUT2D eigenvalue weighted by atomic mass is 16.5. The summed E-state index contributed by atoms with van der Waals surface area (Å²) in [7, 11) is 0. The van der Waals surface area contributed by atoms with Gasteiger partial charge >= 0.3 is 5.97 Å².